The lowest BCUT2D eigenvalue weighted by atomic mass is 10.1. The third-order valence-electron chi connectivity index (χ3n) is 3.40. The first kappa shape index (κ1) is 19.2. The highest BCUT2D eigenvalue weighted by atomic mass is 79.9. The molecule has 0 aliphatic rings. The molecule has 0 heterocycles. The van der Waals surface area contributed by atoms with Crippen molar-refractivity contribution in [3.05, 3.63) is 56.0 Å². The van der Waals surface area contributed by atoms with Gasteiger partial charge in [0.1, 0.15) is 5.56 Å². The number of nitro benzene ring substituents is 1. The third-order valence-corrected chi connectivity index (χ3v) is 3.90. The van der Waals surface area contributed by atoms with E-state index >= 15 is 0 Å². The molecule has 26 heavy (non-hydrogen) atoms. The summed E-state index contributed by atoms with van der Waals surface area (Å²) in [7, 11) is 2.63. The predicted octanol–water partition coefficient (Wildman–Crippen LogP) is 3.33. The lowest BCUT2D eigenvalue weighted by Crippen LogP contribution is -2.16. The highest BCUT2D eigenvalue weighted by molar-refractivity contribution is 9.10. The van der Waals surface area contributed by atoms with Crippen LogP contribution < -0.4 is 14.8 Å². The van der Waals surface area contributed by atoms with Crippen LogP contribution in [0.5, 0.6) is 11.5 Å². The van der Waals surface area contributed by atoms with Crippen LogP contribution in [0.3, 0.4) is 0 Å². The number of amides is 1. The molecule has 0 unspecified atom stereocenters. The third kappa shape index (κ3) is 3.91. The zero-order chi connectivity index (χ0) is 19.4. The van der Waals surface area contributed by atoms with E-state index in [0.29, 0.717) is 4.47 Å². The average molecular weight is 425 g/mol. The molecule has 0 aliphatic heterocycles. The molecule has 1 amide bonds. The first-order valence-corrected chi connectivity index (χ1v) is 7.82. The molecule has 0 aliphatic carbocycles. The van der Waals surface area contributed by atoms with Crippen LogP contribution in [0.2, 0.25) is 0 Å². The molecule has 2 aromatic rings. The summed E-state index contributed by atoms with van der Waals surface area (Å²) in [5.74, 6) is -1.91. The number of methoxy groups -OCH3 is 2. The minimum atomic E-state index is -1.26. The van der Waals surface area contributed by atoms with Gasteiger partial charge in [0.2, 0.25) is 0 Å². The number of aromatic carboxylic acids is 1. The standard InChI is InChI=1S/C16H13BrN2O7/c1-25-13-6-10(12(19(23)24)7-14(13)26-2)15(20)18-11-4-3-8(17)5-9(11)16(21)22/h3-7H,1-2H3,(H,18,20)(H,21,22). The summed E-state index contributed by atoms with van der Waals surface area (Å²) in [5.41, 5.74) is -0.980. The van der Waals surface area contributed by atoms with Gasteiger partial charge in [-0.15, -0.1) is 0 Å². The molecule has 0 radical (unpaired) electrons. The number of carboxylic acids is 1. The Kier molecular flexibility index (Phi) is 5.78. The molecule has 2 rings (SSSR count). The summed E-state index contributed by atoms with van der Waals surface area (Å²) in [6.45, 7) is 0. The van der Waals surface area contributed by atoms with Crippen molar-refractivity contribution in [2.45, 2.75) is 0 Å². The fraction of sp³-hybridized carbons (Fsp3) is 0.125. The van der Waals surface area contributed by atoms with E-state index in [9.17, 15) is 24.8 Å². The van der Waals surface area contributed by atoms with Gasteiger partial charge in [0.15, 0.2) is 11.5 Å². The Morgan fingerprint density at radius 3 is 2.27 bits per heavy atom. The molecule has 0 atom stereocenters. The number of nitrogens with one attached hydrogen (secondary N) is 1. The topological polar surface area (TPSA) is 128 Å². The number of benzene rings is 2. The second kappa shape index (κ2) is 7.83. The van der Waals surface area contributed by atoms with Gasteiger partial charge in [0.05, 0.1) is 36.5 Å². The Morgan fingerprint density at radius 2 is 1.73 bits per heavy atom. The molecule has 2 N–H and O–H groups in total. The Bertz CT molecular complexity index is 898. The number of nitrogens with zero attached hydrogens (tertiary/aromatic N) is 1. The smallest absolute Gasteiger partial charge is 0.337 e. The van der Waals surface area contributed by atoms with Crippen molar-refractivity contribution in [2.24, 2.45) is 0 Å². The summed E-state index contributed by atoms with van der Waals surface area (Å²) in [6.07, 6.45) is 0. The molecule has 136 valence electrons. The number of nitro groups is 1. The average Bonchev–Trinajstić information content (AvgIpc) is 2.61. The second-order valence-corrected chi connectivity index (χ2v) is 5.85. The Hall–Kier alpha value is -3.14. The van der Waals surface area contributed by atoms with Crippen molar-refractivity contribution in [2.75, 3.05) is 19.5 Å². The number of carbonyl (C=O) groups excluding carboxylic acids is 1. The molecule has 0 aromatic heterocycles. The summed E-state index contributed by atoms with van der Waals surface area (Å²) in [4.78, 5) is 34.4. The van der Waals surface area contributed by atoms with Gasteiger partial charge in [-0.1, -0.05) is 15.9 Å². The van der Waals surface area contributed by atoms with Crippen LogP contribution in [0.15, 0.2) is 34.8 Å². The molecular weight excluding hydrogens is 412 g/mol. The van der Waals surface area contributed by atoms with Crippen molar-refractivity contribution < 1.29 is 29.1 Å². The van der Waals surface area contributed by atoms with Crippen LogP contribution in [0, 0.1) is 10.1 Å². The zero-order valence-corrected chi connectivity index (χ0v) is 15.2. The first-order chi connectivity index (χ1) is 12.3. The van der Waals surface area contributed by atoms with E-state index in [-0.39, 0.29) is 28.3 Å². The maximum Gasteiger partial charge on any atom is 0.337 e. The number of carboxylic acid groups (broad SMARTS) is 1. The van der Waals surface area contributed by atoms with Gasteiger partial charge in [-0.3, -0.25) is 14.9 Å². The van der Waals surface area contributed by atoms with E-state index < -0.39 is 22.5 Å². The van der Waals surface area contributed by atoms with E-state index in [4.69, 9.17) is 9.47 Å². The van der Waals surface area contributed by atoms with Crippen LogP contribution >= 0.6 is 15.9 Å². The molecular formula is C16H13BrN2O7. The lowest BCUT2D eigenvalue weighted by molar-refractivity contribution is -0.385. The molecule has 10 heteroatoms. The molecule has 0 fully saturated rings. The fourth-order valence-corrected chi connectivity index (χ4v) is 2.55. The van der Waals surface area contributed by atoms with Crippen LogP contribution in [0.25, 0.3) is 0 Å². The van der Waals surface area contributed by atoms with Gasteiger partial charge in [-0.25, -0.2) is 4.79 Å². The summed E-state index contributed by atoms with van der Waals surface area (Å²) >= 11 is 3.15. The zero-order valence-electron chi connectivity index (χ0n) is 13.6. The van der Waals surface area contributed by atoms with Crippen LogP contribution in [-0.4, -0.2) is 36.1 Å². The van der Waals surface area contributed by atoms with E-state index in [1.165, 1.54) is 32.4 Å². The lowest BCUT2D eigenvalue weighted by Gasteiger charge is -2.12. The molecule has 9 nitrogen and oxygen atoms in total. The van der Waals surface area contributed by atoms with Gasteiger partial charge >= 0.3 is 5.97 Å². The van der Waals surface area contributed by atoms with Crippen LogP contribution in [0.4, 0.5) is 11.4 Å². The highest BCUT2D eigenvalue weighted by Gasteiger charge is 2.25. The summed E-state index contributed by atoms with van der Waals surface area (Å²) in [6, 6.07) is 6.43. The predicted molar refractivity (Wildman–Crippen MR) is 95.3 cm³/mol. The molecule has 0 saturated carbocycles. The van der Waals surface area contributed by atoms with E-state index in [2.05, 4.69) is 21.2 Å². The van der Waals surface area contributed by atoms with Crippen LogP contribution in [-0.2, 0) is 0 Å². The first-order valence-electron chi connectivity index (χ1n) is 7.03. The largest absolute Gasteiger partial charge is 0.493 e. The van der Waals surface area contributed by atoms with Crippen molar-refractivity contribution >= 4 is 39.2 Å². The maximum atomic E-state index is 12.6. The Balaban J connectivity index is 2.50. The van der Waals surface area contributed by atoms with Gasteiger partial charge < -0.3 is 19.9 Å². The normalized spacial score (nSPS) is 10.1. The Labute approximate surface area is 155 Å². The maximum absolute atomic E-state index is 12.6. The van der Waals surface area contributed by atoms with Gasteiger partial charge in [-0.2, -0.15) is 0 Å². The number of hydrogen-bond acceptors (Lipinski definition) is 6. The molecule has 0 saturated heterocycles. The van der Waals surface area contributed by atoms with E-state index in [1.54, 1.807) is 0 Å². The number of carbonyl (C=O) groups is 2. The molecule has 2 aromatic carbocycles. The van der Waals surface area contributed by atoms with Gasteiger partial charge in [0.25, 0.3) is 11.6 Å². The van der Waals surface area contributed by atoms with Gasteiger partial charge in [-0.05, 0) is 18.2 Å². The Morgan fingerprint density at radius 1 is 1.12 bits per heavy atom. The highest BCUT2D eigenvalue weighted by Crippen LogP contribution is 2.35. The monoisotopic (exact) mass is 424 g/mol. The molecule has 0 spiro atoms. The number of hydrogen-bond donors (Lipinski definition) is 2. The second-order valence-electron chi connectivity index (χ2n) is 4.93. The number of ether oxygens (including phenoxy) is 2. The summed E-state index contributed by atoms with van der Waals surface area (Å²) in [5, 5.41) is 22.9. The minimum Gasteiger partial charge on any atom is -0.493 e. The quantitative estimate of drug-likeness (QED) is 0.537. The molecule has 0 bridgehead atoms. The number of halogens is 1. The summed E-state index contributed by atoms with van der Waals surface area (Å²) < 4.78 is 10.6. The van der Waals surface area contributed by atoms with Crippen LogP contribution in [0.1, 0.15) is 20.7 Å². The van der Waals surface area contributed by atoms with Crippen molar-refractivity contribution in [3.8, 4) is 11.5 Å². The number of anilines is 1. The SMILES string of the molecule is COc1cc(C(=O)Nc2ccc(Br)cc2C(=O)O)c([N+](=O)[O-])cc1OC. The van der Waals surface area contributed by atoms with Crippen molar-refractivity contribution in [3.63, 3.8) is 0 Å². The fourth-order valence-electron chi connectivity index (χ4n) is 2.19. The van der Waals surface area contributed by atoms with Gasteiger partial charge in [0, 0.05) is 10.5 Å². The van der Waals surface area contributed by atoms with E-state index in [1.807, 2.05) is 0 Å². The van der Waals surface area contributed by atoms with Crippen molar-refractivity contribution in [1.82, 2.24) is 0 Å². The minimum absolute atomic E-state index is 0.00483. The van der Waals surface area contributed by atoms with E-state index in [0.717, 1.165) is 12.1 Å². The van der Waals surface area contributed by atoms with Crippen molar-refractivity contribution in [1.29, 1.82) is 0 Å². The number of rotatable bonds is 6.